The minimum absolute atomic E-state index is 0.0544. The van der Waals surface area contributed by atoms with Crippen molar-refractivity contribution in [2.75, 3.05) is 32.8 Å². The van der Waals surface area contributed by atoms with Gasteiger partial charge in [-0.2, -0.15) is 0 Å². The Hall–Kier alpha value is -2.53. The van der Waals surface area contributed by atoms with E-state index in [4.69, 9.17) is 4.74 Å². The molecule has 140 valence electrons. The van der Waals surface area contributed by atoms with Crippen molar-refractivity contribution in [3.8, 4) is 5.75 Å². The van der Waals surface area contributed by atoms with Crippen LogP contribution in [0.1, 0.15) is 16.7 Å². The summed E-state index contributed by atoms with van der Waals surface area (Å²) in [4.78, 5) is 14.0. The van der Waals surface area contributed by atoms with Gasteiger partial charge in [-0.25, -0.2) is 4.79 Å². The summed E-state index contributed by atoms with van der Waals surface area (Å²) in [6.45, 7) is 5.66. The Labute approximate surface area is 155 Å². The van der Waals surface area contributed by atoms with Gasteiger partial charge in [-0.1, -0.05) is 48.5 Å². The van der Waals surface area contributed by atoms with Crippen LogP contribution in [0.15, 0.2) is 48.5 Å². The Morgan fingerprint density at radius 2 is 1.73 bits per heavy atom. The second kappa shape index (κ2) is 10.5. The second-order valence-electron chi connectivity index (χ2n) is 6.25. The SMILES string of the molecule is Cc1cccc(C)c1OCCNC(=O)N(CCO)CCc1ccccc1. The molecule has 2 aromatic carbocycles. The maximum atomic E-state index is 12.3. The minimum Gasteiger partial charge on any atom is -0.491 e. The van der Waals surface area contributed by atoms with Gasteiger partial charge in [-0.15, -0.1) is 0 Å². The van der Waals surface area contributed by atoms with Crippen molar-refractivity contribution in [1.29, 1.82) is 0 Å². The number of amides is 2. The highest BCUT2D eigenvalue weighted by molar-refractivity contribution is 5.74. The van der Waals surface area contributed by atoms with Gasteiger partial charge >= 0.3 is 6.03 Å². The summed E-state index contributed by atoms with van der Waals surface area (Å²) in [5.41, 5.74) is 3.34. The molecule has 2 aromatic rings. The lowest BCUT2D eigenvalue weighted by Gasteiger charge is -2.22. The molecule has 0 aliphatic rings. The Kier molecular flexibility index (Phi) is 7.96. The Morgan fingerprint density at radius 1 is 1.04 bits per heavy atom. The molecule has 0 aliphatic carbocycles. The molecule has 2 rings (SSSR count). The molecule has 0 bridgehead atoms. The van der Waals surface area contributed by atoms with E-state index in [-0.39, 0.29) is 12.6 Å². The van der Waals surface area contributed by atoms with Crippen molar-refractivity contribution in [2.45, 2.75) is 20.3 Å². The van der Waals surface area contributed by atoms with E-state index in [1.807, 2.05) is 62.4 Å². The third kappa shape index (κ3) is 6.08. The minimum atomic E-state index is -0.180. The number of urea groups is 1. The molecule has 0 aliphatic heterocycles. The summed E-state index contributed by atoms with van der Waals surface area (Å²) >= 11 is 0. The average molecular weight is 356 g/mol. The summed E-state index contributed by atoms with van der Waals surface area (Å²) in [7, 11) is 0. The number of hydrogen-bond donors (Lipinski definition) is 2. The molecule has 2 amide bonds. The highest BCUT2D eigenvalue weighted by atomic mass is 16.5. The van der Waals surface area contributed by atoms with Crippen LogP contribution in [0.4, 0.5) is 4.79 Å². The van der Waals surface area contributed by atoms with Crippen LogP contribution in [0.3, 0.4) is 0 Å². The van der Waals surface area contributed by atoms with E-state index in [0.717, 1.165) is 23.3 Å². The van der Waals surface area contributed by atoms with Crippen molar-refractivity contribution in [3.05, 3.63) is 65.2 Å². The smallest absolute Gasteiger partial charge is 0.317 e. The highest BCUT2D eigenvalue weighted by Crippen LogP contribution is 2.21. The van der Waals surface area contributed by atoms with Crippen LogP contribution in [-0.4, -0.2) is 48.9 Å². The maximum Gasteiger partial charge on any atom is 0.317 e. The monoisotopic (exact) mass is 356 g/mol. The van der Waals surface area contributed by atoms with Gasteiger partial charge in [0.1, 0.15) is 12.4 Å². The van der Waals surface area contributed by atoms with E-state index >= 15 is 0 Å². The van der Waals surface area contributed by atoms with Crippen molar-refractivity contribution < 1.29 is 14.6 Å². The largest absolute Gasteiger partial charge is 0.491 e. The van der Waals surface area contributed by atoms with Crippen LogP contribution >= 0.6 is 0 Å². The number of ether oxygens (including phenoxy) is 1. The number of carbonyl (C=O) groups is 1. The van der Waals surface area contributed by atoms with E-state index in [0.29, 0.717) is 26.2 Å². The topological polar surface area (TPSA) is 61.8 Å². The summed E-state index contributed by atoms with van der Waals surface area (Å²) in [6.07, 6.45) is 0.757. The van der Waals surface area contributed by atoms with E-state index in [1.165, 1.54) is 5.56 Å². The standard InChI is InChI=1S/C21H28N2O3/c1-17-7-6-8-18(2)20(17)26-16-12-22-21(25)23(14-15-24)13-11-19-9-4-3-5-10-19/h3-10,24H,11-16H2,1-2H3,(H,22,25). The Balaban J connectivity index is 1.78. The molecular formula is C21H28N2O3. The zero-order valence-electron chi connectivity index (χ0n) is 15.6. The number of carbonyl (C=O) groups excluding carboxylic acids is 1. The number of para-hydroxylation sites is 1. The average Bonchev–Trinajstić information content (AvgIpc) is 2.64. The fraction of sp³-hybridized carbons (Fsp3) is 0.381. The summed E-state index contributed by atoms with van der Waals surface area (Å²) in [6, 6.07) is 15.8. The maximum absolute atomic E-state index is 12.3. The summed E-state index contributed by atoms with van der Waals surface area (Å²) in [5.74, 6) is 0.873. The molecule has 0 radical (unpaired) electrons. The lowest BCUT2D eigenvalue weighted by atomic mass is 10.1. The van der Waals surface area contributed by atoms with E-state index < -0.39 is 0 Å². The zero-order chi connectivity index (χ0) is 18.8. The predicted octanol–water partition coefficient (Wildman–Crippen LogP) is 2.93. The number of aliphatic hydroxyl groups is 1. The zero-order valence-corrected chi connectivity index (χ0v) is 15.6. The van der Waals surface area contributed by atoms with Gasteiger partial charge in [0.05, 0.1) is 13.2 Å². The first-order chi connectivity index (χ1) is 12.6. The van der Waals surface area contributed by atoms with Crippen molar-refractivity contribution in [3.63, 3.8) is 0 Å². The summed E-state index contributed by atoms with van der Waals surface area (Å²) < 4.78 is 5.80. The molecule has 2 N–H and O–H groups in total. The first-order valence-electron chi connectivity index (χ1n) is 8.98. The van der Waals surface area contributed by atoms with Crippen LogP contribution < -0.4 is 10.1 Å². The van der Waals surface area contributed by atoms with E-state index in [1.54, 1.807) is 4.90 Å². The molecule has 0 unspecified atom stereocenters. The number of aryl methyl sites for hydroxylation is 2. The number of aliphatic hydroxyl groups excluding tert-OH is 1. The number of hydrogen-bond acceptors (Lipinski definition) is 3. The van der Waals surface area contributed by atoms with Crippen LogP contribution in [0.25, 0.3) is 0 Å². The number of benzene rings is 2. The molecule has 0 atom stereocenters. The van der Waals surface area contributed by atoms with Gasteiger partial charge in [0.15, 0.2) is 0 Å². The lowest BCUT2D eigenvalue weighted by Crippen LogP contribution is -2.43. The van der Waals surface area contributed by atoms with Gasteiger partial charge in [0, 0.05) is 13.1 Å². The van der Waals surface area contributed by atoms with Gasteiger partial charge in [-0.05, 0) is 37.0 Å². The molecule has 0 saturated carbocycles. The molecule has 5 heteroatoms. The quantitative estimate of drug-likeness (QED) is 0.679. The van der Waals surface area contributed by atoms with Crippen LogP contribution in [0.5, 0.6) is 5.75 Å². The molecule has 0 aromatic heterocycles. The van der Waals surface area contributed by atoms with Crippen LogP contribution in [-0.2, 0) is 6.42 Å². The molecule has 0 fully saturated rings. The Bertz CT molecular complexity index is 669. The first kappa shape index (κ1) is 19.8. The van der Waals surface area contributed by atoms with Gasteiger partial charge < -0.3 is 20.1 Å². The van der Waals surface area contributed by atoms with Gasteiger partial charge in [0.2, 0.25) is 0 Å². The van der Waals surface area contributed by atoms with Crippen molar-refractivity contribution in [1.82, 2.24) is 10.2 Å². The molecule has 0 saturated heterocycles. The van der Waals surface area contributed by atoms with E-state index in [9.17, 15) is 9.90 Å². The van der Waals surface area contributed by atoms with E-state index in [2.05, 4.69) is 5.32 Å². The normalized spacial score (nSPS) is 10.4. The molecule has 0 heterocycles. The van der Waals surface area contributed by atoms with Crippen LogP contribution in [0.2, 0.25) is 0 Å². The Morgan fingerprint density at radius 3 is 2.38 bits per heavy atom. The van der Waals surface area contributed by atoms with Crippen LogP contribution in [0, 0.1) is 13.8 Å². The number of nitrogens with zero attached hydrogens (tertiary/aromatic N) is 1. The number of rotatable bonds is 9. The fourth-order valence-corrected chi connectivity index (χ4v) is 2.79. The molecule has 26 heavy (non-hydrogen) atoms. The second-order valence-corrected chi connectivity index (χ2v) is 6.25. The number of nitrogens with one attached hydrogen (secondary N) is 1. The fourth-order valence-electron chi connectivity index (χ4n) is 2.79. The van der Waals surface area contributed by atoms with Crippen molar-refractivity contribution >= 4 is 6.03 Å². The molecule has 5 nitrogen and oxygen atoms in total. The predicted molar refractivity (Wildman–Crippen MR) is 104 cm³/mol. The summed E-state index contributed by atoms with van der Waals surface area (Å²) in [5, 5.41) is 12.1. The van der Waals surface area contributed by atoms with Gasteiger partial charge in [0.25, 0.3) is 0 Å². The molecule has 0 spiro atoms. The molecular weight excluding hydrogens is 328 g/mol. The first-order valence-corrected chi connectivity index (χ1v) is 8.98. The lowest BCUT2D eigenvalue weighted by molar-refractivity contribution is 0.176. The highest BCUT2D eigenvalue weighted by Gasteiger charge is 2.12. The van der Waals surface area contributed by atoms with Gasteiger partial charge in [-0.3, -0.25) is 0 Å². The third-order valence-electron chi connectivity index (χ3n) is 4.20. The third-order valence-corrected chi connectivity index (χ3v) is 4.20. The van der Waals surface area contributed by atoms with Crippen molar-refractivity contribution in [2.24, 2.45) is 0 Å².